The Morgan fingerprint density at radius 2 is 2.00 bits per heavy atom. The van der Waals surface area contributed by atoms with Crippen molar-refractivity contribution in [1.29, 1.82) is 0 Å². The van der Waals surface area contributed by atoms with Crippen molar-refractivity contribution in [3.8, 4) is 5.75 Å². The molecule has 5 heteroatoms. The number of hydrogen-bond acceptors (Lipinski definition) is 5. The van der Waals surface area contributed by atoms with E-state index in [1.54, 1.807) is 18.3 Å². The first kappa shape index (κ1) is 14.8. The zero-order valence-corrected chi connectivity index (χ0v) is 12.1. The molecular weight excluding hydrogens is 268 g/mol. The topological polar surface area (TPSA) is 60.5 Å². The predicted octanol–water partition coefficient (Wildman–Crippen LogP) is 3.40. The molecule has 0 amide bonds. The van der Waals surface area contributed by atoms with Crippen LogP contribution in [0.25, 0.3) is 0 Å². The highest BCUT2D eigenvalue weighted by atomic mass is 16.5. The van der Waals surface area contributed by atoms with Gasteiger partial charge in [-0.25, -0.2) is 9.78 Å². The van der Waals surface area contributed by atoms with Crippen LogP contribution in [-0.4, -0.2) is 24.7 Å². The molecule has 2 aromatic rings. The van der Waals surface area contributed by atoms with E-state index in [1.807, 2.05) is 24.3 Å². The number of ether oxygens (including phenoxy) is 2. The Labute approximate surface area is 123 Å². The van der Waals surface area contributed by atoms with Crippen molar-refractivity contribution >= 4 is 17.5 Å². The van der Waals surface area contributed by atoms with Gasteiger partial charge in [0.05, 0.1) is 19.3 Å². The second-order valence-corrected chi connectivity index (χ2v) is 4.42. The Hall–Kier alpha value is -2.56. The third-order valence-corrected chi connectivity index (χ3v) is 2.78. The Morgan fingerprint density at radius 3 is 2.67 bits per heavy atom. The smallest absolute Gasteiger partial charge is 0.338 e. The fourth-order valence-corrected chi connectivity index (χ4v) is 1.75. The van der Waals surface area contributed by atoms with Crippen LogP contribution in [-0.2, 0) is 4.74 Å². The van der Waals surface area contributed by atoms with E-state index in [1.165, 1.54) is 7.11 Å². The average molecular weight is 286 g/mol. The summed E-state index contributed by atoms with van der Waals surface area (Å²) < 4.78 is 10.2. The molecule has 0 aliphatic heterocycles. The van der Waals surface area contributed by atoms with Crippen molar-refractivity contribution in [3.63, 3.8) is 0 Å². The highest BCUT2D eigenvalue weighted by molar-refractivity contribution is 5.90. The molecule has 0 fully saturated rings. The van der Waals surface area contributed by atoms with Crippen LogP contribution in [0.1, 0.15) is 23.7 Å². The van der Waals surface area contributed by atoms with Crippen LogP contribution in [0.3, 0.4) is 0 Å². The number of pyridine rings is 1. The molecule has 1 N–H and O–H groups in total. The Balaban J connectivity index is 2.06. The van der Waals surface area contributed by atoms with Gasteiger partial charge in [-0.2, -0.15) is 0 Å². The van der Waals surface area contributed by atoms with Gasteiger partial charge in [0.1, 0.15) is 11.6 Å². The quantitative estimate of drug-likeness (QED) is 0.825. The molecular formula is C16H18N2O3. The van der Waals surface area contributed by atoms with Crippen molar-refractivity contribution in [2.75, 3.05) is 19.0 Å². The van der Waals surface area contributed by atoms with E-state index < -0.39 is 0 Å². The molecule has 110 valence electrons. The van der Waals surface area contributed by atoms with Gasteiger partial charge < -0.3 is 14.8 Å². The highest BCUT2D eigenvalue weighted by Crippen LogP contribution is 2.19. The molecule has 0 saturated heterocycles. The summed E-state index contributed by atoms with van der Waals surface area (Å²) in [4.78, 5) is 15.6. The minimum absolute atomic E-state index is 0.385. The molecule has 0 bridgehead atoms. The van der Waals surface area contributed by atoms with Gasteiger partial charge >= 0.3 is 5.97 Å². The molecule has 0 spiro atoms. The van der Waals surface area contributed by atoms with E-state index in [2.05, 4.69) is 22.0 Å². The summed E-state index contributed by atoms with van der Waals surface area (Å²) in [7, 11) is 1.35. The summed E-state index contributed by atoms with van der Waals surface area (Å²) in [6.45, 7) is 2.77. The monoisotopic (exact) mass is 286 g/mol. The summed E-state index contributed by atoms with van der Waals surface area (Å²) in [6.07, 6.45) is 2.54. The summed E-state index contributed by atoms with van der Waals surface area (Å²) in [5, 5.41) is 3.13. The number of aromatic nitrogens is 1. The summed E-state index contributed by atoms with van der Waals surface area (Å²) in [6, 6.07) is 10.8. The van der Waals surface area contributed by atoms with Gasteiger partial charge in [0.15, 0.2) is 0 Å². The van der Waals surface area contributed by atoms with Gasteiger partial charge in [-0.3, -0.25) is 0 Å². The maximum atomic E-state index is 11.5. The molecule has 2 rings (SSSR count). The molecule has 0 aliphatic carbocycles. The lowest BCUT2D eigenvalue weighted by atomic mass is 10.2. The molecule has 0 saturated carbocycles. The van der Waals surface area contributed by atoms with Gasteiger partial charge in [0.2, 0.25) is 0 Å². The minimum Gasteiger partial charge on any atom is -0.494 e. The molecule has 1 aromatic heterocycles. The molecule has 0 unspecified atom stereocenters. The van der Waals surface area contributed by atoms with Crippen LogP contribution in [0.15, 0.2) is 42.6 Å². The predicted molar refractivity (Wildman–Crippen MR) is 81.1 cm³/mol. The number of benzene rings is 1. The molecule has 0 aliphatic rings. The van der Waals surface area contributed by atoms with E-state index in [0.717, 1.165) is 17.9 Å². The largest absolute Gasteiger partial charge is 0.494 e. The van der Waals surface area contributed by atoms with Crippen molar-refractivity contribution in [2.45, 2.75) is 13.3 Å². The normalized spacial score (nSPS) is 10.0. The first-order valence-electron chi connectivity index (χ1n) is 6.77. The zero-order valence-electron chi connectivity index (χ0n) is 12.1. The fourth-order valence-electron chi connectivity index (χ4n) is 1.75. The third kappa shape index (κ3) is 4.21. The van der Waals surface area contributed by atoms with Crippen molar-refractivity contribution in [3.05, 3.63) is 48.2 Å². The fraction of sp³-hybridized carbons (Fsp3) is 0.250. The van der Waals surface area contributed by atoms with Crippen molar-refractivity contribution < 1.29 is 14.3 Å². The SMILES string of the molecule is CCCOc1ccc(Nc2cc(C(=O)OC)ccn2)cc1. The minimum atomic E-state index is -0.385. The Kier molecular flexibility index (Phi) is 5.15. The Morgan fingerprint density at radius 1 is 1.24 bits per heavy atom. The maximum Gasteiger partial charge on any atom is 0.338 e. The lowest BCUT2D eigenvalue weighted by molar-refractivity contribution is 0.0600. The molecule has 5 nitrogen and oxygen atoms in total. The van der Waals surface area contributed by atoms with Crippen molar-refractivity contribution in [2.24, 2.45) is 0 Å². The van der Waals surface area contributed by atoms with Gasteiger partial charge in [-0.05, 0) is 42.8 Å². The van der Waals surface area contributed by atoms with E-state index in [4.69, 9.17) is 4.74 Å². The zero-order chi connectivity index (χ0) is 15.1. The molecule has 21 heavy (non-hydrogen) atoms. The number of carbonyl (C=O) groups excluding carboxylic acids is 1. The van der Waals surface area contributed by atoms with E-state index in [9.17, 15) is 4.79 Å². The Bertz CT molecular complexity index is 597. The van der Waals surface area contributed by atoms with E-state index >= 15 is 0 Å². The van der Waals surface area contributed by atoms with Crippen LogP contribution in [0.4, 0.5) is 11.5 Å². The molecule has 1 heterocycles. The first-order valence-corrected chi connectivity index (χ1v) is 6.77. The first-order chi connectivity index (χ1) is 10.2. The number of anilines is 2. The summed E-state index contributed by atoms with van der Waals surface area (Å²) in [5.74, 6) is 1.03. The van der Waals surface area contributed by atoms with Crippen LogP contribution in [0, 0.1) is 0 Å². The number of nitrogens with zero attached hydrogens (tertiary/aromatic N) is 1. The summed E-state index contributed by atoms with van der Waals surface area (Å²) in [5.41, 5.74) is 1.33. The number of rotatable bonds is 6. The highest BCUT2D eigenvalue weighted by Gasteiger charge is 2.06. The molecule has 1 aromatic carbocycles. The standard InChI is InChI=1S/C16H18N2O3/c1-3-10-21-14-6-4-13(5-7-14)18-15-11-12(8-9-17-15)16(19)20-2/h4-9,11H,3,10H2,1-2H3,(H,17,18). The number of esters is 1. The van der Waals surface area contributed by atoms with E-state index in [0.29, 0.717) is 18.0 Å². The number of hydrogen-bond donors (Lipinski definition) is 1. The third-order valence-electron chi connectivity index (χ3n) is 2.78. The second-order valence-electron chi connectivity index (χ2n) is 4.42. The van der Waals surface area contributed by atoms with E-state index in [-0.39, 0.29) is 5.97 Å². The van der Waals surface area contributed by atoms with Crippen LogP contribution in [0.2, 0.25) is 0 Å². The number of nitrogens with one attached hydrogen (secondary N) is 1. The van der Waals surface area contributed by atoms with Gasteiger partial charge in [0, 0.05) is 11.9 Å². The van der Waals surface area contributed by atoms with Gasteiger partial charge in [0.25, 0.3) is 0 Å². The second kappa shape index (κ2) is 7.28. The maximum absolute atomic E-state index is 11.5. The van der Waals surface area contributed by atoms with Crippen LogP contribution < -0.4 is 10.1 Å². The number of carbonyl (C=O) groups is 1. The van der Waals surface area contributed by atoms with Crippen LogP contribution >= 0.6 is 0 Å². The molecule has 0 radical (unpaired) electrons. The van der Waals surface area contributed by atoms with Crippen molar-refractivity contribution in [1.82, 2.24) is 4.98 Å². The molecule has 0 atom stereocenters. The lowest BCUT2D eigenvalue weighted by Gasteiger charge is -2.08. The average Bonchev–Trinajstić information content (AvgIpc) is 2.53. The van der Waals surface area contributed by atoms with Gasteiger partial charge in [-0.15, -0.1) is 0 Å². The van der Waals surface area contributed by atoms with Crippen LogP contribution in [0.5, 0.6) is 5.75 Å². The summed E-state index contributed by atoms with van der Waals surface area (Å²) >= 11 is 0. The van der Waals surface area contributed by atoms with Gasteiger partial charge in [-0.1, -0.05) is 6.92 Å². The lowest BCUT2D eigenvalue weighted by Crippen LogP contribution is -2.03. The number of methoxy groups -OCH3 is 1.